The van der Waals surface area contributed by atoms with E-state index in [4.69, 9.17) is 4.74 Å². The van der Waals surface area contributed by atoms with Crippen LogP contribution >= 0.6 is 0 Å². The highest BCUT2D eigenvalue weighted by Gasteiger charge is 2.44. The molecule has 7 heteroatoms. The number of likely N-dealkylation sites (tertiary alicyclic amines) is 1. The lowest BCUT2D eigenvalue weighted by molar-refractivity contribution is -0.161. The number of aliphatic carboxylic acids is 1. The molecular formula is C26H30N2O5. The lowest BCUT2D eigenvalue weighted by atomic mass is 9.88. The Hall–Kier alpha value is -3.35. The summed E-state index contributed by atoms with van der Waals surface area (Å²) in [7, 11) is 0. The monoisotopic (exact) mass is 450 g/mol. The molecule has 2 atom stereocenters. The van der Waals surface area contributed by atoms with Crippen molar-refractivity contribution in [3.63, 3.8) is 0 Å². The second kappa shape index (κ2) is 9.25. The van der Waals surface area contributed by atoms with Crippen molar-refractivity contribution in [3.05, 3.63) is 59.7 Å². The number of rotatable bonds is 6. The number of benzene rings is 2. The molecule has 4 rings (SSSR count). The molecule has 0 spiro atoms. The predicted octanol–water partition coefficient (Wildman–Crippen LogP) is 4.16. The van der Waals surface area contributed by atoms with Crippen molar-refractivity contribution < 1.29 is 24.2 Å². The molecule has 1 aliphatic heterocycles. The van der Waals surface area contributed by atoms with E-state index in [1.165, 1.54) is 4.90 Å². The summed E-state index contributed by atoms with van der Waals surface area (Å²) < 4.78 is 5.55. The minimum absolute atomic E-state index is 0.0209. The largest absolute Gasteiger partial charge is 0.480 e. The Balaban J connectivity index is 1.34. The van der Waals surface area contributed by atoms with Gasteiger partial charge in [0.15, 0.2) is 0 Å². The third-order valence-electron chi connectivity index (χ3n) is 6.84. The van der Waals surface area contributed by atoms with Crippen LogP contribution in [0.3, 0.4) is 0 Å². The maximum atomic E-state index is 12.8. The maximum absolute atomic E-state index is 12.8. The molecule has 1 fully saturated rings. The van der Waals surface area contributed by atoms with Crippen molar-refractivity contribution in [1.29, 1.82) is 0 Å². The van der Waals surface area contributed by atoms with E-state index in [2.05, 4.69) is 29.6 Å². The highest BCUT2D eigenvalue weighted by Crippen LogP contribution is 2.44. The second-order valence-corrected chi connectivity index (χ2v) is 9.16. The van der Waals surface area contributed by atoms with Crippen LogP contribution in [0.1, 0.15) is 56.6 Å². The van der Waals surface area contributed by atoms with E-state index >= 15 is 0 Å². The smallest absolute Gasteiger partial charge is 0.407 e. The van der Waals surface area contributed by atoms with Gasteiger partial charge >= 0.3 is 12.1 Å². The van der Waals surface area contributed by atoms with Crippen LogP contribution in [0.15, 0.2) is 48.5 Å². The number of hydrogen-bond donors (Lipinski definition) is 2. The third-order valence-corrected chi connectivity index (χ3v) is 6.84. The second-order valence-electron chi connectivity index (χ2n) is 9.16. The summed E-state index contributed by atoms with van der Waals surface area (Å²) in [6.07, 6.45) is 1.43. The zero-order valence-corrected chi connectivity index (χ0v) is 19.0. The summed E-state index contributed by atoms with van der Waals surface area (Å²) >= 11 is 0. The van der Waals surface area contributed by atoms with E-state index in [1.807, 2.05) is 24.3 Å². The van der Waals surface area contributed by atoms with Crippen molar-refractivity contribution in [2.45, 2.75) is 57.0 Å². The van der Waals surface area contributed by atoms with E-state index in [0.717, 1.165) is 35.1 Å². The highest BCUT2D eigenvalue weighted by molar-refractivity contribution is 5.87. The van der Waals surface area contributed by atoms with Gasteiger partial charge in [0, 0.05) is 24.9 Å². The fourth-order valence-electron chi connectivity index (χ4n) is 5.01. The van der Waals surface area contributed by atoms with Gasteiger partial charge in [-0.3, -0.25) is 4.79 Å². The first-order valence-corrected chi connectivity index (χ1v) is 11.5. The molecular weight excluding hydrogens is 420 g/mol. The molecule has 0 saturated carbocycles. The van der Waals surface area contributed by atoms with E-state index < -0.39 is 23.6 Å². The van der Waals surface area contributed by atoms with Crippen molar-refractivity contribution in [2.24, 2.45) is 0 Å². The Morgan fingerprint density at radius 2 is 1.70 bits per heavy atom. The quantitative estimate of drug-likeness (QED) is 0.689. The molecule has 2 N–H and O–H groups in total. The van der Waals surface area contributed by atoms with Crippen molar-refractivity contribution in [2.75, 3.05) is 13.2 Å². The Morgan fingerprint density at radius 1 is 1.09 bits per heavy atom. The van der Waals surface area contributed by atoms with Crippen LogP contribution in [0, 0.1) is 0 Å². The van der Waals surface area contributed by atoms with Gasteiger partial charge in [-0.25, -0.2) is 9.59 Å². The summed E-state index contributed by atoms with van der Waals surface area (Å²) in [5.74, 6) is -1.30. The zero-order valence-electron chi connectivity index (χ0n) is 19.0. The molecule has 1 heterocycles. The number of piperidine rings is 1. The van der Waals surface area contributed by atoms with Crippen molar-refractivity contribution in [1.82, 2.24) is 10.2 Å². The van der Waals surface area contributed by atoms with Gasteiger partial charge < -0.3 is 20.1 Å². The molecule has 33 heavy (non-hydrogen) atoms. The summed E-state index contributed by atoms with van der Waals surface area (Å²) in [4.78, 5) is 38.5. The van der Waals surface area contributed by atoms with Crippen LogP contribution in [0.4, 0.5) is 4.79 Å². The average Bonchev–Trinajstić information content (AvgIpc) is 3.11. The van der Waals surface area contributed by atoms with Gasteiger partial charge in [-0.15, -0.1) is 0 Å². The number of fused-ring (bicyclic) bond motifs is 3. The van der Waals surface area contributed by atoms with E-state index in [0.29, 0.717) is 13.0 Å². The molecule has 7 nitrogen and oxygen atoms in total. The van der Waals surface area contributed by atoms with Crippen LogP contribution in [0.25, 0.3) is 11.1 Å². The van der Waals surface area contributed by atoms with Gasteiger partial charge in [0.25, 0.3) is 0 Å². The number of hydrogen-bond acceptors (Lipinski definition) is 4. The number of nitrogens with one attached hydrogen (secondary N) is 1. The Kier molecular flexibility index (Phi) is 6.40. The van der Waals surface area contributed by atoms with Gasteiger partial charge in [0.1, 0.15) is 12.1 Å². The molecule has 2 amide bonds. The Labute approximate surface area is 193 Å². The molecule has 174 valence electrons. The average molecular weight is 451 g/mol. The van der Waals surface area contributed by atoms with Crippen molar-refractivity contribution >= 4 is 18.0 Å². The molecule has 2 aliphatic rings. The molecule has 0 bridgehead atoms. The minimum Gasteiger partial charge on any atom is -0.480 e. The molecule has 2 aromatic carbocycles. The van der Waals surface area contributed by atoms with E-state index in [-0.39, 0.29) is 24.9 Å². The number of carbonyl (C=O) groups is 3. The molecule has 1 unspecified atom stereocenters. The molecule has 0 radical (unpaired) electrons. The standard InChI is InChI=1S/C26H30N2O5/c1-17(15-23(29)28-14-8-7-13-26(28,2)24(30)31)27-25(32)33-16-22-20-11-5-3-9-18(20)19-10-4-6-12-21(19)22/h3-6,9-12,17,22H,7-8,13-16H2,1-2H3,(H,27,32)(H,30,31)/t17-,26?/m0/s1. The third kappa shape index (κ3) is 4.45. The lowest BCUT2D eigenvalue weighted by Crippen LogP contribution is -2.58. The van der Waals surface area contributed by atoms with Crippen LogP contribution in [-0.4, -0.2) is 52.7 Å². The summed E-state index contributed by atoms with van der Waals surface area (Å²) in [6, 6.07) is 15.8. The lowest BCUT2D eigenvalue weighted by Gasteiger charge is -2.42. The van der Waals surface area contributed by atoms with Crippen LogP contribution < -0.4 is 5.32 Å². The topological polar surface area (TPSA) is 95.9 Å². The molecule has 2 aromatic rings. The molecule has 0 aromatic heterocycles. The summed E-state index contributed by atoms with van der Waals surface area (Å²) in [6.45, 7) is 3.93. The van der Waals surface area contributed by atoms with Gasteiger partial charge in [-0.2, -0.15) is 0 Å². The van der Waals surface area contributed by atoms with Gasteiger partial charge in [0.2, 0.25) is 5.91 Å². The highest BCUT2D eigenvalue weighted by atomic mass is 16.5. The summed E-state index contributed by atoms with van der Waals surface area (Å²) in [5.41, 5.74) is 3.38. The number of amides is 2. The number of ether oxygens (including phenoxy) is 1. The SMILES string of the molecule is C[C@@H](CC(=O)N1CCCCC1(C)C(=O)O)NC(=O)OCC1c2ccccc2-c2ccccc21. The normalized spacial score (nSPS) is 20.5. The Bertz CT molecular complexity index is 1020. The number of alkyl carbamates (subject to hydrolysis) is 1. The summed E-state index contributed by atoms with van der Waals surface area (Å²) in [5, 5.41) is 12.3. The van der Waals surface area contributed by atoms with Crippen LogP contribution in [0.2, 0.25) is 0 Å². The van der Waals surface area contributed by atoms with Crippen molar-refractivity contribution in [3.8, 4) is 11.1 Å². The first-order chi connectivity index (χ1) is 15.8. The first kappa shape index (κ1) is 22.8. The van der Waals surface area contributed by atoms with Crippen LogP contribution in [0.5, 0.6) is 0 Å². The molecule has 1 aliphatic carbocycles. The number of carbonyl (C=O) groups excluding carboxylic acids is 2. The Morgan fingerprint density at radius 3 is 2.30 bits per heavy atom. The molecule has 1 saturated heterocycles. The zero-order chi connectivity index (χ0) is 23.6. The van der Waals surface area contributed by atoms with Gasteiger partial charge in [-0.1, -0.05) is 48.5 Å². The number of nitrogens with zero attached hydrogens (tertiary/aromatic N) is 1. The van der Waals surface area contributed by atoms with Crippen LogP contribution in [-0.2, 0) is 14.3 Å². The number of carboxylic acids is 1. The fourth-order valence-corrected chi connectivity index (χ4v) is 5.01. The van der Waals surface area contributed by atoms with Gasteiger partial charge in [0.05, 0.1) is 0 Å². The van der Waals surface area contributed by atoms with E-state index in [1.54, 1.807) is 13.8 Å². The fraction of sp³-hybridized carbons (Fsp3) is 0.423. The van der Waals surface area contributed by atoms with Gasteiger partial charge in [-0.05, 0) is 55.4 Å². The predicted molar refractivity (Wildman–Crippen MR) is 124 cm³/mol. The minimum atomic E-state index is -1.20. The first-order valence-electron chi connectivity index (χ1n) is 11.5. The maximum Gasteiger partial charge on any atom is 0.407 e. The van der Waals surface area contributed by atoms with E-state index in [9.17, 15) is 19.5 Å². The number of carboxylic acid groups (broad SMARTS) is 1.